The first kappa shape index (κ1) is 14.8. The number of anilines is 1. The lowest BCUT2D eigenvalue weighted by molar-refractivity contribution is -0.150. The minimum atomic E-state index is -0.744. The fourth-order valence-electron chi connectivity index (χ4n) is 2.49. The maximum absolute atomic E-state index is 12.1. The summed E-state index contributed by atoms with van der Waals surface area (Å²) in [4.78, 5) is 23.7. The fourth-order valence-corrected chi connectivity index (χ4v) is 2.49. The van der Waals surface area contributed by atoms with Gasteiger partial charge in [-0.1, -0.05) is 19.1 Å². The number of methoxy groups -OCH3 is 1. The van der Waals surface area contributed by atoms with E-state index in [4.69, 9.17) is 5.26 Å². The van der Waals surface area contributed by atoms with Gasteiger partial charge in [-0.15, -0.1) is 0 Å². The Bertz CT molecular complexity index is 643. The lowest BCUT2D eigenvalue weighted by atomic mass is 9.82. The number of benzene rings is 1. The monoisotopic (exact) mass is 284 g/mol. The van der Waals surface area contributed by atoms with Crippen LogP contribution in [-0.2, 0) is 14.3 Å². The van der Waals surface area contributed by atoms with Crippen LogP contribution in [0.2, 0.25) is 0 Å². The molecule has 1 N–H and O–H groups in total. The Morgan fingerprint density at radius 3 is 2.76 bits per heavy atom. The number of para-hydroxylation sites is 1. The SMILES string of the molecule is COC(=O)[C@@H]1C(=O)C=C(Nc2ccccc2C#N)C[C@H]1C. The van der Waals surface area contributed by atoms with Gasteiger partial charge >= 0.3 is 5.97 Å². The van der Waals surface area contributed by atoms with Crippen LogP contribution in [0.4, 0.5) is 5.69 Å². The number of hydrogen-bond donors (Lipinski definition) is 1. The molecule has 0 amide bonds. The van der Waals surface area contributed by atoms with Crippen LogP contribution in [0.3, 0.4) is 0 Å². The molecule has 21 heavy (non-hydrogen) atoms. The molecule has 0 aromatic heterocycles. The topological polar surface area (TPSA) is 79.2 Å². The van der Waals surface area contributed by atoms with Crippen molar-refractivity contribution < 1.29 is 14.3 Å². The Balaban J connectivity index is 2.22. The summed E-state index contributed by atoms with van der Waals surface area (Å²) < 4.78 is 4.67. The molecule has 0 fully saturated rings. The zero-order valence-electron chi connectivity index (χ0n) is 11.9. The van der Waals surface area contributed by atoms with Crippen molar-refractivity contribution in [2.24, 2.45) is 11.8 Å². The van der Waals surface area contributed by atoms with E-state index in [2.05, 4.69) is 16.1 Å². The number of carbonyl (C=O) groups is 2. The Morgan fingerprint density at radius 1 is 1.43 bits per heavy atom. The van der Waals surface area contributed by atoms with Crippen molar-refractivity contribution in [3.05, 3.63) is 41.6 Å². The first-order chi connectivity index (χ1) is 10.1. The van der Waals surface area contributed by atoms with Crippen LogP contribution in [0.15, 0.2) is 36.0 Å². The van der Waals surface area contributed by atoms with Crippen LogP contribution in [0.25, 0.3) is 0 Å². The minimum absolute atomic E-state index is 0.147. The number of carbonyl (C=O) groups excluding carboxylic acids is 2. The molecule has 0 bridgehead atoms. The highest BCUT2D eigenvalue weighted by molar-refractivity contribution is 6.06. The van der Waals surface area contributed by atoms with Crippen molar-refractivity contribution in [1.82, 2.24) is 0 Å². The number of ether oxygens (including phenoxy) is 1. The number of allylic oxidation sites excluding steroid dienone is 2. The summed E-state index contributed by atoms with van der Waals surface area (Å²) in [5, 5.41) is 12.2. The number of nitrogens with one attached hydrogen (secondary N) is 1. The maximum atomic E-state index is 12.1. The van der Waals surface area contributed by atoms with E-state index in [-0.39, 0.29) is 11.7 Å². The van der Waals surface area contributed by atoms with Crippen molar-refractivity contribution in [1.29, 1.82) is 5.26 Å². The highest BCUT2D eigenvalue weighted by Gasteiger charge is 2.35. The van der Waals surface area contributed by atoms with Gasteiger partial charge in [0, 0.05) is 11.8 Å². The molecular weight excluding hydrogens is 268 g/mol. The normalized spacial score (nSPS) is 21.2. The van der Waals surface area contributed by atoms with Crippen LogP contribution in [0.5, 0.6) is 0 Å². The van der Waals surface area contributed by atoms with E-state index in [9.17, 15) is 9.59 Å². The van der Waals surface area contributed by atoms with Gasteiger partial charge in [-0.2, -0.15) is 5.26 Å². The smallest absolute Gasteiger partial charge is 0.316 e. The molecule has 2 atom stereocenters. The summed E-state index contributed by atoms with van der Waals surface area (Å²) in [5.74, 6) is -1.66. The van der Waals surface area contributed by atoms with Gasteiger partial charge in [0.05, 0.1) is 18.4 Å². The van der Waals surface area contributed by atoms with Crippen LogP contribution < -0.4 is 5.32 Å². The van der Waals surface area contributed by atoms with Gasteiger partial charge in [-0.25, -0.2) is 0 Å². The van der Waals surface area contributed by atoms with E-state index in [0.717, 1.165) is 0 Å². The molecule has 1 aliphatic rings. The Kier molecular flexibility index (Phi) is 4.39. The second-order valence-corrected chi connectivity index (χ2v) is 5.04. The third-order valence-corrected chi connectivity index (χ3v) is 3.53. The number of ketones is 1. The molecule has 0 saturated heterocycles. The molecule has 1 aromatic carbocycles. The van der Waals surface area contributed by atoms with Crippen LogP contribution in [0, 0.1) is 23.2 Å². The fraction of sp³-hybridized carbons (Fsp3) is 0.312. The average molecular weight is 284 g/mol. The number of esters is 1. The van der Waals surface area contributed by atoms with E-state index in [1.54, 1.807) is 18.2 Å². The second-order valence-electron chi connectivity index (χ2n) is 5.04. The molecular formula is C16H16N2O3. The molecule has 2 rings (SSSR count). The summed E-state index contributed by atoms with van der Waals surface area (Å²) in [7, 11) is 1.28. The molecule has 5 heteroatoms. The van der Waals surface area contributed by atoms with E-state index in [1.807, 2.05) is 13.0 Å². The van der Waals surface area contributed by atoms with Gasteiger partial charge in [0.2, 0.25) is 0 Å². The van der Waals surface area contributed by atoms with Crippen molar-refractivity contribution in [2.75, 3.05) is 12.4 Å². The summed E-state index contributed by atoms with van der Waals surface area (Å²) >= 11 is 0. The summed E-state index contributed by atoms with van der Waals surface area (Å²) in [6, 6.07) is 9.17. The first-order valence-electron chi connectivity index (χ1n) is 6.65. The number of rotatable bonds is 3. The van der Waals surface area contributed by atoms with Gasteiger partial charge in [0.25, 0.3) is 0 Å². The largest absolute Gasteiger partial charge is 0.468 e. The van der Waals surface area contributed by atoms with Gasteiger partial charge in [-0.05, 0) is 24.5 Å². The summed E-state index contributed by atoms with van der Waals surface area (Å²) in [6.07, 6.45) is 1.97. The standard InChI is InChI=1S/C16H16N2O3/c1-10-7-12(8-14(19)15(10)16(20)21-2)18-13-6-4-3-5-11(13)9-17/h3-6,8,10,15,18H,7H2,1-2H3/t10-,15+/m1/s1. The van der Waals surface area contributed by atoms with E-state index < -0.39 is 11.9 Å². The van der Waals surface area contributed by atoms with Gasteiger partial charge < -0.3 is 10.1 Å². The van der Waals surface area contributed by atoms with Gasteiger partial charge in [0.15, 0.2) is 5.78 Å². The van der Waals surface area contributed by atoms with Gasteiger partial charge in [0.1, 0.15) is 12.0 Å². The Morgan fingerprint density at radius 2 is 2.14 bits per heavy atom. The first-order valence-corrected chi connectivity index (χ1v) is 6.65. The van der Waals surface area contributed by atoms with Crippen LogP contribution >= 0.6 is 0 Å². The lowest BCUT2D eigenvalue weighted by Gasteiger charge is -2.26. The predicted octanol–water partition coefficient (Wildman–Crippen LogP) is 2.25. The van der Waals surface area contributed by atoms with Gasteiger partial charge in [-0.3, -0.25) is 9.59 Å². The van der Waals surface area contributed by atoms with Crippen molar-refractivity contribution in [3.8, 4) is 6.07 Å². The number of hydrogen-bond acceptors (Lipinski definition) is 5. The second kappa shape index (κ2) is 6.23. The molecule has 0 unspecified atom stereocenters. The highest BCUT2D eigenvalue weighted by atomic mass is 16.5. The molecule has 0 radical (unpaired) electrons. The van der Waals surface area contributed by atoms with Crippen molar-refractivity contribution >= 4 is 17.4 Å². The molecule has 0 aliphatic heterocycles. The molecule has 1 aliphatic carbocycles. The van der Waals surface area contributed by atoms with Crippen LogP contribution in [0.1, 0.15) is 18.9 Å². The highest BCUT2D eigenvalue weighted by Crippen LogP contribution is 2.29. The minimum Gasteiger partial charge on any atom is -0.468 e. The third kappa shape index (κ3) is 3.11. The Labute approximate surface area is 123 Å². The molecule has 1 aromatic rings. The average Bonchev–Trinajstić information content (AvgIpc) is 2.46. The number of nitriles is 1. The van der Waals surface area contributed by atoms with E-state index in [1.165, 1.54) is 13.2 Å². The predicted molar refractivity (Wildman–Crippen MR) is 77.2 cm³/mol. The lowest BCUT2D eigenvalue weighted by Crippen LogP contribution is -2.34. The van der Waals surface area contributed by atoms with Crippen LogP contribution in [-0.4, -0.2) is 18.9 Å². The number of nitrogens with zero attached hydrogens (tertiary/aromatic N) is 1. The van der Waals surface area contributed by atoms with E-state index in [0.29, 0.717) is 23.4 Å². The summed E-state index contributed by atoms with van der Waals surface area (Å²) in [5.41, 5.74) is 1.87. The zero-order chi connectivity index (χ0) is 15.4. The van der Waals surface area contributed by atoms with Crippen molar-refractivity contribution in [3.63, 3.8) is 0 Å². The van der Waals surface area contributed by atoms with Crippen molar-refractivity contribution in [2.45, 2.75) is 13.3 Å². The molecule has 0 spiro atoms. The molecule has 108 valence electrons. The summed E-state index contributed by atoms with van der Waals surface area (Å²) in [6.45, 7) is 1.84. The third-order valence-electron chi connectivity index (χ3n) is 3.53. The molecule has 0 heterocycles. The molecule has 5 nitrogen and oxygen atoms in total. The quantitative estimate of drug-likeness (QED) is 0.680. The molecule has 0 saturated carbocycles. The van der Waals surface area contributed by atoms with E-state index >= 15 is 0 Å². The Hall–Kier alpha value is -2.61. The maximum Gasteiger partial charge on any atom is 0.316 e. The zero-order valence-corrected chi connectivity index (χ0v) is 11.9.